The van der Waals surface area contributed by atoms with Crippen molar-refractivity contribution in [2.45, 2.75) is 58.3 Å². The zero-order valence-corrected chi connectivity index (χ0v) is 17.6. The summed E-state index contributed by atoms with van der Waals surface area (Å²) in [6, 6.07) is 0. The smallest absolute Gasteiger partial charge is 0.334 e. The van der Waals surface area contributed by atoms with Gasteiger partial charge < -0.3 is 24.4 Å². The Hall–Kier alpha value is -2.45. The summed E-state index contributed by atoms with van der Waals surface area (Å²) < 4.78 is 16.7. The number of esters is 3. The summed E-state index contributed by atoms with van der Waals surface area (Å²) in [5, 5.41) is 19.6. The van der Waals surface area contributed by atoms with E-state index in [0.717, 1.165) is 0 Å². The van der Waals surface area contributed by atoms with Crippen molar-refractivity contribution < 1.29 is 38.8 Å². The van der Waals surface area contributed by atoms with Gasteiger partial charge in [0.15, 0.2) is 12.2 Å². The molecule has 0 aromatic heterocycles. The summed E-state index contributed by atoms with van der Waals surface area (Å²) in [7, 11) is 0. The molecular weight excluding hydrogens is 392 g/mol. The highest BCUT2D eigenvalue weighted by Crippen LogP contribution is 2.37. The van der Waals surface area contributed by atoms with Gasteiger partial charge in [0.05, 0.1) is 25.0 Å². The summed E-state index contributed by atoms with van der Waals surface area (Å²) in [6.45, 7) is 7.89. The molecule has 1 aliphatic carbocycles. The second-order valence-electron chi connectivity index (χ2n) is 7.62. The Kier molecular flexibility index (Phi) is 8.37. The van der Waals surface area contributed by atoms with Gasteiger partial charge in [-0.25, -0.2) is 4.79 Å². The number of ether oxygens (including phenoxy) is 3. The molecule has 8 heteroatoms. The van der Waals surface area contributed by atoms with Crippen molar-refractivity contribution in [2.75, 3.05) is 13.2 Å². The first kappa shape index (κ1) is 23.8. The van der Waals surface area contributed by atoms with E-state index >= 15 is 0 Å². The summed E-state index contributed by atoms with van der Waals surface area (Å²) in [4.78, 5) is 36.8. The Balaban J connectivity index is 2.61. The van der Waals surface area contributed by atoms with Crippen molar-refractivity contribution in [1.29, 1.82) is 0 Å². The van der Waals surface area contributed by atoms with Crippen LogP contribution in [0, 0.1) is 11.8 Å². The van der Waals surface area contributed by atoms with Crippen molar-refractivity contribution in [3.05, 3.63) is 35.5 Å². The summed E-state index contributed by atoms with van der Waals surface area (Å²) in [5.41, 5.74) is 1.06. The lowest BCUT2D eigenvalue weighted by Gasteiger charge is -2.34. The molecule has 2 rings (SSSR count). The molecule has 0 saturated carbocycles. The van der Waals surface area contributed by atoms with Gasteiger partial charge in [0.25, 0.3) is 0 Å². The molecule has 0 aromatic carbocycles. The minimum Gasteiger partial charge on any atom is -0.457 e. The third-order valence-electron chi connectivity index (χ3n) is 5.50. The van der Waals surface area contributed by atoms with E-state index in [1.807, 2.05) is 6.92 Å². The van der Waals surface area contributed by atoms with Crippen molar-refractivity contribution in [2.24, 2.45) is 11.8 Å². The first-order valence-corrected chi connectivity index (χ1v) is 10.1. The molecule has 1 heterocycles. The number of hydrogen-bond donors (Lipinski definition) is 2. The van der Waals surface area contributed by atoms with E-state index in [1.54, 1.807) is 19.1 Å². The molecular formula is C22H30O8. The third kappa shape index (κ3) is 5.37. The molecule has 1 fully saturated rings. The first-order valence-electron chi connectivity index (χ1n) is 10.1. The van der Waals surface area contributed by atoms with E-state index < -0.39 is 54.7 Å². The topological polar surface area (TPSA) is 119 Å². The van der Waals surface area contributed by atoms with Crippen LogP contribution in [0.5, 0.6) is 0 Å². The highest BCUT2D eigenvalue weighted by Gasteiger charge is 2.49. The summed E-state index contributed by atoms with van der Waals surface area (Å²) >= 11 is 0. The molecule has 2 N–H and O–H groups in total. The molecule has 166 valence electrons. The zero-order valence-electron chi connectivity index (χ0n) is 17.6. The lowest BCUT2D eigenvalue weighted by molar-refractivity contribution is -0.171. The maximum atomic E-state index is 12.7. The Morgan fingerprint density at radius 3 is 2.57 bits per heavy atom. The quantitative estimate of drug-likeness (QED) is 0.287. The third-order valence-corrected chi connectivity index (χ3v) is 5.50. The predicted molar refractivity (Wildman–Crippen MR) is 107 cm³/mol. The second-order valence-corrected chi connectivity index (χ2v) is 7.62. The lowest BCUT2D eigenvalue weighted by Crippen LogP contribution is -2.46. The average Bonchev–Trinajstić information content (AvgIpc) is 2.99. The van der Waals surface area contributed by atoms with Crippen molar-refractivity contribution >= 4 is 17.9 Å². The molecule has 1 saturated heterocycles. The number of allylic oxidation sites excluding steroid dienone is 1. The molecule has 0 bridgehead atoms. The van der Waals surface area contributed by atoms with E-state index in [-0.39, 0.29) is 12.2 Å². The van der Waals surface area contributed by atoms with E-state index in [1.165, 1.54) is 6.92 Å². The highest BCUT2D eigenvalue weighted by molar-refractivity contribution is 5.91. The molecule has 0 radical (unpaired) electrons. The molecule has 8 nitrogen and oxygen atoms in total. The van der Waals surface area contributed by atoms with Gasteiger partial charge in [0.2, 0.25) is 0 Å². The number of carbonyl (C=O) groups is 3. The van der Waals surface area contributed by atoms with Crippen molar-refractivity contribution in [3.8, 4) is 0 Å². The predicted octanol–water partition coefficient (Wildman–Crippen LogP) is 1.60. The number of rotatable bonds is 6. The van der Waals surface area contributed by atoms with Gasteiger partial charge in [0, 0.05) is 12.5 Å². The SMILES string of the molecule is C=C1C(=O)O[C@@H]2/C=C(\CO)CC/C=C(/CO)[C@H](OC(C)=O)C(OC(=O)C(C)CC)C12. The fourth-order valence-corrected chi connectivity index (χ4v) is 3.56. The lowest BCUT2D eigenvalue weighted by atomic mass is 9.83. The normalized spacial score (nSPS) is 31.4. The Morgan fingerprint density at radius 2 is 2.00 bits per heavy atom. The highest BCUT2D eigenvalue weighted by atomic mass is 16.6. The molecule has 1 aliphatic heterocycles. The molecule has 2 aliphatic rings. The van der Waals surface area contributed by atoms with Crippen LogP contribution in [-0.2, 0) is 28.6 Å². The van der Waals surface area contributed by atoms with Crippen LogP contribution >= 0.6 is 0 Å². The first-order chi connectivity index (χ1) is 14.2. The minimum absolute atomic E-state index is 0.0745. The van der Waals surface area contributed by atoms with Crippen molar-refractivity contribution in [3.63, 3.8) is 0 Å². The van der Waals surface area contributed by atoms with Crippen LogP contribution < -0.4 is 0 Å². The number of aliphatic hydroxyl groups excluding tert-OH is 2. The largest absolute Gasteiger partial charge is 0.457 e. The van der Waals surface area contributed by atoms with Gasteiger partial charge in [-0.2, -0.15) is 0 Å². The van der Waals surface area contributed by atoms with Gasteiger partial charge >= 0.3 is 17.9 Å². The van der Waals surface area contributed by atoms with Gasteiger partial charge in [0.1, 0.15) is 6.10 Å². The maximum Gasteiger partial charge on any atom is 0.334 e. The van der Waals surface area contributed by atoms with E-state index in [2.05, 4.69) is 6.58 Å². The monoisotopic (exact) mass is 422 g/mol. The Bertz CT molecular complexity index is 750. The van der Waals surface area contributed by atoms with E-state index in [0.29, 0.717) is 30.4 Å². The van der Waals surface area contributed by atoms with Crippen molar-refractivity contribution in [1.82, 2.24) is 0 Å². The maximum absolute atomic E-state index is 12.7. The summed E-state index contributed by atoms with van der Waals surface area (Å²) in [5.74, 6) is -3.07. The number of carbonyl (C=O) groups excluding carboxylic acids is 3. The van der Waals surface area contributed by atoms with E-state index in [4.69, 9.17) is 14.2 Å². The van der Waals surface area contributed by atoms with Crippen LogP contribution in [0.4, 0.5) is 0 Å². The number of aliphatic hydroxyl groups is 2. The van der Waals surface area contributed by atoms with Crippen LogP contribution in [0.15, 0.2) is 35.5 Å². The van der Waals surface area contributed by atoms with Gasteiger partial charge in [-0.3, -0.25) is 9.59 Å². The molecule has 30 heavy (non-hydrogen) atoms. The molecule has 3 unspecified atom stereocenters. The van der Waals surface area contributed by atoms with E-state index in [9.17, 15) is 24.6 Å². The molecule has 0 aromatic rings. The fourth-order valence-electron chi connectivity index (χ4n) is 3.56. The summed E-state index contributed by atoms with van der Waals surface area (Å²) in [6.07, 6.45) is 1.67. The molecule has 5 atom stereocenters. The molecule has 0 amide bonds. The Labute approximate surface area is 176 Å². The average molecular weight is 422 g/mol. The van der Waals surface area contributed by atoms with Gasteiger partial charge in [-0.1, -0.05) is 26.5 Å². The Morgan fingerprint density at radius 1 is 1.30 bits per heavy atom. The van der Waals surface area contributed by atoms with Gasteiger partial charge in [-0.15, -0.1) is 0 Å². The number of fused-ring (bicyclic) bond motifs is 1. The van der Waals surface area contributed by atoms with Crippen LogP contribution in [0.3, 0.4) is 0 Å². The minimum atomic E-state index is -1.13. The number of hydrogen-bond acceptors (Lipinski definition) is 8. The van der Waals surface area contributed by atoms with Crippen LogP contribution in [0.2, 0.25) is 0 Å². The standard InChI is InChI=1S/C22H30O8/c1-5-12(2)21(26)30-20-18-13(3)22(27)29-17(18)9-15(10-23)7-6-8-16(11-24)19(20)28-14(4)25/h8-9,12,17-20,23-24H,3,5-7,10-11H2,1-2,4H3/b15-9-,16-8-/t12?,17-,18?,19+,20?/m1/s1. The molecule has 0 spiro atoms. The fraction of sp³-hybridized carbons (Fsp3) is 0.591. The zero-order chi connectivity index (χ0) is 22.4. The van der Waals surface area contributed by atoms with Gasteiger partial charge in [-0.05, 0) is 36.5 Å². The van der Waals surface area contributed by atoms with Crippen LogP contribution in [0.25, 0.3) is 0 Å². The van der Waals surface area contributed by atoms with Crippen LogP contribution in [-0.4, -0.2) is 59.6 Å². The second kappa shape index (κ2) is 10.5. The van der Waals surface area contributed by atoms with Crippen LogP contribution in [0.1, 0.15) is 40.0 Å².